The van der Waals surface area contributed by atoms with Gasteiger partial charge in [-0.2, -0.15) is 0 Å². The highest BCUT2D eigenvalue weighted by atomic mass is 127. The van der Waals surface area contributed by atoms with Gasteiger partial charge < -0.3 is 0 Å². The summed E-state index contributed by atoms with van der Waals surface area (Å²) >= 11 is 2.03. The minimum Gasteiger partial charge on any atom is -0.283 e. The molecular formula is C2H2IN3OS. The molecule has 4 nitrogen and oxygen atoms in total. The van der Waals surface area contributed by atoms with Gasteiger partial charge in [-0.05, 0) is 8.93 Å². The van der Waals surface area contributed by atoms with Crippen LogP contribution in [0, 0.1) is 0 Å². The number of aromatic amines is 2. The Bertz CT molecular complexity index is 217. The Morgan fingerprint density at radius 3 is 2.75 bits per heavy atom. The van der Waals surface area contributed by atoms with Gasteiger partial charge in [0.05, 0.1) is 0 Å². The molecular weight excluding hydrogens is 241 g/mol. The van der Waals surface area contributed by atoms with Crippen LogP contribution in [0.5, 0.6) is 0 Å². The number of rotatable bonds is 1. The number of hydrogen-bond acceptors (Lipinski definition) is 3. The molecule has 0 saturated carbocycles. The molecule has 1 rings (SSSR count). The van der Waals surface area contributed by atoms with E-state index < -0.39 is 0 Å². The van der Waals surface area contributed by atoms with Crippen molar-refractivity contribution in [3.05, 3.63) is 10.5 Å². The fraction of sp³-hybridized carbons (Fsp3) is 0. The maximum absolute atomic E-state index is 10.3. The lowest BCUT2D eigenvalue weighted by Crippen LogP contribution is -1.99. The first-order valence-corrected chi connectivity index (χ1v) is 5.12. The molecule has 0 aliphatic heterocycles. The third kappa shape index (κ3) is 1.25. The van der Waals surface area contributed by atoms with E-state index in [1.54, 1.807) is 0 Å². The predicted octanol–water partition coefficient (Wildman–Crippen LogP) is 0.540. The number of aromatic nitrogens is 3. The van der Waals surface area contributed by atoms with Crippen LogP contribution in [0.25, 0.3) is 0 Å². The Morgan fingerprint density at radius 1 is 1.75 bits per heavy atom. The Balaban J connectivity index is 3.01. The molecule has 0 bridgehead atoms. The first kappa shape index (κ1) is 6.14. The zero-order chi connectivity index (χ0) is 5.98. The van der Waals surface area contributed by atoms with Crippen LogP contribution in [0.15, 0.2) is 9.95 Å². The smallest absolute Gasteiger partial charge is 0.283 e. The second-order valence-corrected chi connectivity index (χ2v) is 2.92. The standard InChI is InChI=1S/C2H2IN3OS/c3-8-2-4-1(7)5-6-2/h(H2,4,5,6,7). The Labute approximate surface area is 61.0 Å². The first-order chi connectivity index (χ1) is 3.83. The molecule has 6 heteroatoms. The molecule has 0 aliphatic rings. The highest BCUT2D eigenvalue weighted by Crippen LogP contribution is 2.17. The highest BCUT2D eigenvalue weighted by Gasteiger charge is 1.91. The van der Waals surface area contributed by atoms with E-state index in [9.17, 15) is 4.79 Å². The molecule has 0 atom stereocenters. The Kier molecular flexibility index (Phi) is 1.95. The number of H-pyrrole nitrogens is 2. The summed E-state index contributed by atoms with van der Waals surface area (Å²) in [5.41, 5.74) is -0.260. The van der Waals surface area contributed by atoms with E-state index in [0.717, 1.165) is 0 Å². The molecule has 0 fully saturated rings. The van der Waals surface area contributed by atoms with E-state index in [1.165, 1.54) is 8.93 Å². The molecule has 0 amide bonds. The van der Waals surface area contributed by atoms with Gasteiger partial charge in [-0.1, -0.05) is 0 Å². The van der Waals surface area contributed by atoms with Crippen LogP contribution in [-0.4, -0.2) is 15.2 Å². The van der Waals surface area contributed by atoms with Crippen molar-refractivity contribution in [1.82, 2.24) is 15.2 Å². The molecule has 0 aromatic carbocycles. The molecule has 1 aromatic rings. The number of halogens is 1. The molecule has 0 radical (unpaired) electrons. The monoisotopic (exact) mass is 243 g/mol. The minimum absolute atomic E-state index is 0.260. The average Bonchev–Trinajstić information content (AvgIpc) is 2.14. The van der Waals surface area contributed by atoms with E-state index in [1.807, 2.05) is 21.2 Å². The quantitative estimate of drug-likeness (QED) is 0.707. The Morgan fingerprint density at radius 2 is 2.50 bits per heavy atom. The topological polar surface area (TPSA) is 61.5 Å². The van der Waals surface area contributed by atoms with E-state index >= 15 is 0 Å². The summed E-state index contributed by atoms with van der Waals surface area (Å²) in [5.74, 6) is 0. The predicted molar refractivity (Wildman–Crippen MR) is 39.1 cm³/mol. The lowest BCUT2D eigenvalue weighted by Gasteiger charge is -1.74. The van der Waals surface area contributed by atoms with E-state index in [2.05, 4.69) is 15.2 Å². The summed E-state index contributed by atoms with van der Waals surface area (Å²) in [6, 6.07) is 0. The molecule has 0 unspecified atom stereocenters. The van der Waals surface area contributed by atoms with E-state index in [0.29, 0.717) is 5.16 Å². The second-order valence-electron chi connectivity index (χ2n) is 1.06. The lowest BCUT2D eigenvalue weighted by molar-refractivity contribution is 0.976. The number of nitrogens with zero attached hydrogens (tertiary/aromatic N) is 1. The molecule has 2 N–H and O–H groups in total. The normalized spacial score (nSPS) is 9.62. The van der Waals surface area contributed by atoms with Crippen LogP contribution in [0.3, 0.4) is 0 Å². The Hall–Kier alpha value is 0.0200. The van der Waals surface area contributed by atoms with Crippen LogP contribution < -0.4 is 5.69 Å². The van der Waals surface area contributed by atoms with Gasteiger partial charge in [-0.15, -0.1) is 5.10 Å². The van der Waals surface area contributed by atoms with Crippen LogP contribution in [0.1, 0.15) is 0 Å². The number of nitrogens with one attached hydrogen (secondary N) is 2. The molecule has 44 valence electrons. The van der Waals surface area contributed by atoms with Crippen LogP contribution in [0.4, 0.5) is 0 Å². The lowest BCUT2D eigenvalue weighted by atomic mass is 11.3. The van der Waals surface area contributed by atoms with Crippen molar-refractivity contribution in [2.24, 2.45) is 0 Å². The molecule has 0 aliphatic carbocycles. The second kappa shape index (κ2) is 2.53. The number of hydrogen-bond donors (Lipinski definition) is 2. The molecule has 0 spiro atoms. The van der Waals surface area contributed by atoms with Gasteiger partial charge in [0.1, 0.15) is 0 Å². The van der Waals surface area contributed by atoms with E-state index in [-0.39, 0.29) is 5.69 Å². The van der Waals surface area contributed by atoms with Gasteiger partial charge >= 0.3 is 5.69 Å². The summed E-state index contributed by atoms with van der Waals surface area (Å²) in [5, 5.41) is 6.44. The van der Waals surface area contributed by atoms with Crippen molar-refractivity contribution in [3.8, 4) is 0 Å². The first-order valence-electron chi connectivity index (χ1n) is 1.76. The van der Waals surface area contributed by atoms with Gasteiger partial charge in [0.2, 0.25) is 0 Å². The summed E-state index contributed by atoms with van der Waals surface area (Å²) in [4.78, 5) is 12.7. The van der Waals surface area contributed by atoms with Gasteiger partial charge in [-0.3, -0.25) is 4.98 Å². The summed E-state index contributed by atoms with van der Waals surface area (Å²) in [7, 11) is 1.36. The van der Waals surface area contributed by atoms with Crippen molar-refractivity contribution < 1.29 is 0 Å². The SMILES string of the molecule is O=c1[nH]nc(SI)[nH]1. The zero-order valence-electron chi connectivity index (χ0n) is 3.64. The molecule has 0 saturated heterocycles. The van der Waals surface area contributed by atoms with Gasteiger partial charge in [0, 0.05) is 21.2 Å². The average molecular weight is 243 g/mol. The highest BCUT2D eigenvalue weighted by molar-refractivity contribution is 14.2. The largest absolute Gasteiger partial charge is 0.341 e. The third-order valence-corrected chi connectivity index (χ3v) is 2.14. The zero-order valence-corrected chi connectivity index (χ0v) is 6.62. The summed E-state index contributed by atoms with van der Waals surface area (Å²) in [6.45, 7) is 0. The fourth-order valence-electron chi connectivity index (χ4n) is 0.291. The van der Waals surface area contributed by atoms with Crippen molar-refractivity contribution in [1.29, 1.82) is 0 Å². The minimum atomic E-state index is -0.260. The van der Waals surface area contributed by atoms with E-state index in [4.69, 9.17) is 0 Å². The maximum atomic E-state index is 10.3. The van der Waals surface area contributed by atoms with Crippen molar-refractivity contribution in [2.45, 2.75) is 5.16 Å². The van der Waals surface area contributed by atoms with Crippen LogP contribution >= 0.6 is 30.1 Å². The van der Waals surface area contributed by atoms with Crippen molar-refractivity contribution in [3.63, 3.8) is 0 Å². The van der Waals surface area contributed by atoms with Gasteiger partial charge in [0.25, 0.3) is 0 Å². The van der Waals surface area contributed by atoms with Crippen molar-refractivity contribution in [2.75, 3.05) is 0 Å². The maximum Gasteiger partial charge on any atom is 0.341 e. The third-order valence-electron chi connectivity index (χ3n) is 0.553. The van der Waals surface area contributed by atoms with Crippen LogP contribution in [0.2, 0.25) is 0 Å². The molecule has 1 aromatic heterocycles. The fourth-order valence-corrected chi connectivity index (χ4v) is 1.13. The van der Waals surface area contributed by atoms with Crippen molar-refractivity contribution >= 4 is 30.1 Å². The molecule has 8 heavy (non-hydrogen) atoms. The van der Waals surface area contributed by atoms with Gasteiger partial charge in [-0.25, -0.2) is 9.89 Å². The summed E-state index contributed by atoms with van der Waals surface area (Å²) in [6.07, 6.45) is 0. The van der Waals surface area contributed by atoms with Crippen LogP contribution in [-0.2, 0) is 0 Å². The van der Waals surface area contributed by atoms with Gasteiger partial charge in [0.15, 0.2) is 5.16 Å². The summed E-state index contributed by atoms with van der Waals surface area (Å²) < 4.78 is 0. The molecule has 1 heterocycles.